The van der Waals surface area contributed by atoms with Crippen molar-refractivity contribution in [2.45, 2.75) is 32.8 Å². The Balaban J connectivity index is 2.32. The summed E-state index contributed by atoms with van der Waals surface area (Å²) in [5.41, 5.74) is 12.0. The molecule has 20 heavy (non-hydrogen) atoms. The Morgan fingerprint density at radius 2 is 2.15 bits per heavy atom. The van der Waals surface area contributed by atoms with Crippen molar-refractivity contribution in [3.05, 3.63) is 23.9 Å². The predicted octanol–water partition coefficient (Wildman–Crippen LogP) is 2.17. The van der Waals surface area contributed by atoms with Crippen molar-refractivity contribution < 1.29 is 9.53 Å². The standard InChI is InChI=1S/C14H22N4O2/c1-14(2,3)20-13(19)17-7-5-4-6-10-8-11(15)12(16)18-9-10/h4,6,8-9H,5,7,15H2,1-3H3,(H2,16,18)(H,17,19). The van der Waals surface area contributed by atoms with Gasteiger partial charge in [-0.05, 0) is 38.8 Å². The molecule has 1 aromatic heterocycles. The molecule has 0 spiro atoms. The monoisotopic (exact) mass is 278 g/mol. The van der Waals surface area contributed by atoms with Crippen molar-refractivity contribution in [1.29, 1.82) is 0 Å². The molecule has 0 atom stereocenters. The van der Waals surface area contributed by atoms with Gasteiger partial charge in [-0.25, -0.2) is 9.78 Å². The lowest BCUT2D eigenvalue weighted by atomic mass is 10.2. The first kappa shape index (κ1) is 15.8. The Hall–Kier alpha value is -2.24. The molecule has 110 valence electrons. The van der Waals surface area contributed by atoms with Crippen molar-refractivity contribution in [2.75, 3.05) is 18.0 Å². The molecule has 0 aliphatic rings. The van der Waals surface area contributed by atoms with Gasteiger partial charge >= 0.3 is 6.09 Å². The van der Waals surface area contributed by atoms with Crippen molar-refractivity contribution in [2.24, 2.45) is 0 Å². The Bertz CT molecular complexity index is 492. The van der Waals surface area contributed by atoms with Crippen LogP contribution >= 0.6 is 0 Å². The summed E-state index contributed by atoms with van der Waals surface area (Å²) < 4.78 is 5.12. The molecule has 6 heteroatoms. The highest BCUT2D eigenvalue weighted by Crippen LogP contribution is 2.13. The summed E-state index contributed by atoms with van der Waals surface area (Å²) in [7, 11) is 0. The van der Waals surface area contributed by atoms with Crippen LogP contribution < -0.4 is 16.8 Å². The molecule has 0 unspecified atom stereocenters. The summed E-state index contributed by atoms with van der Waals surface area (Å²) in [4.78, 5) is 15.3. The van der Waals surface area contributed by atoms with Crippen LogP contribution in [0.5, 0.6) is 0 Å². The van der Waals surface area contributed by atoms with E-state index in [4.69, 9.17) is 16.2 Å². The number of hydrogen-bond acceptors (Lipinski definition) is 5. The van der Waals surface area contributed by atoms with Gasteiger partial charge in [0.1, 0.15) is 11.4 Å². The molecule has 0 bridgehead atoms. The normalized spacial score (nSPS) is 11.6. The number of nitrogens with zero attached hydrogens (tertiary/aromatic N) is 1. The molecular weight excluding hydrogens is 256 g/mol. The van der Waals surface area contributed by atoms with E-state index < -0.39 is 11.7 Å². The lowest BCUT2D eigenvalue weighted by molar-refractivity contribution is 0.0529. The van der Waals surface area contributed by atoms with Crippen LogP contribution in [0.4, 0.5) is 16.3 Å². The zero-order chi connectivity index (χ0) is 15.2. The van der Waals surface area contributed by atoms with Crippen molar-refractivity contribution in [3.8, 4) is 0 Å². The van der Waals surface area contributed by atoms with Crippen LogP contribution in [0.3, 0.4) is 0 Å². The van der Waals surface area contributed by atoms with Crippen molar-refractivity contribution in [3.63, 3.8) is 0 Å². The van der Waals surface area contributed by atoms with Crippen LogP contribution in [-0.4, -0.2) is 23.2 Å². The zero-order valence-corrected chi connectivity index (χ0v) is 12.1. The van der Waals surface area contributed by atoms with Crippen LogP contribution in [0.1, 0.15) is 32.8 Å². The fraction of sp³-hybridized carbons (Fsp3) is 0.429. The first-order valence-corrected chi connectivity index (χ1v) is 6.42. The van der Waals surface area contributed by atoms with Gasteiger partial charge < -0.3 is 21.5 Å². The van der Waals surface area contributed by atoms with Crippen LogP contribution in [0.25, 0.3) is 6.08 Å². The molecule has 5 N–H and O–H groups in total. The third kappa shape index (κ3) is 6.08. The SMILES string of the molecule is CC(C)(C)OC(=O)NCCC=Cc1cnc(N)c(N)c1. The fourth-order valence-electron chi connectivity index (χ4n) is 1.39. The molecule has 6 nitrogen and oxygen atoms in total. The minimum absolute atomic E-state index is 0.328. The average molecular weight is 278 g/mol. The molecule has 1 rings (SSSR count). The quantitative estimate of drug-likeness (QED) is 0.732. The molecule has 1 amide bonds. The number of aromatic nitrogens is 1. The van der Waals surface area contributed by atoms with E-state index in [0.717, 1.165) is 5.56 Å². The number of amides is 1. The summed E-state index contributed by atoms with van der Waals surface area (Å²) in [6.07, 6.45) is 5.71. The van der Waals surface area contributed by atoms with E-state index in [-0.39, 0.29) is 0 Å². The van der Waals surface area contributed by atoms with E-state index in [2.05, 4.69) is 10.3 Å². The number of alkyl carbamates (subject to hydrolysis) is 1. The highest BCUT2D eigenvalue weighted by molar-refractivity contribution is 5.67. The molecule has 0 aliphatic carbocycles. The topological polar surface area (TPSA) is 103 Å². The van der Waals surface area contributed by atoms with Crippen molar-refractivity contribution in [1.82, 2.24) is 10.3 Å². The number of ether oxygens (including phenoxy) is 1. The van der Waals surface area contributed by atoms with E-state index in [0.29, 0.717) is 24.5 Å². The maximum atomic E-state index is 11.4. The second kappa shape index (κ2) is 6.79. The van der Waals surface area contributed by atoms with Crippen LogP contribution in [0.15, 0.2) is 18.3 Å². The Morgan fingerprint density at radius 1 is 1.45 bits per heavy atom. The molecule has 1 aromatic rings. The van der Waals surface area contributed by atoms with Gasteiger partial charge in [-0.15, -0.1) is 0 Å². The number of nitrogens with two attached hydrogens (primary N) is 2. The fourth-order valence-corrected chi connectivity index (χ4v) is 1.39. The Morgan fingerprint density at radius 3 is 2.75 bits per heavy atom. The number of hydrogen-bond donors (Lipinski definition) is 3. The molecular formula is C14H22N4O2. The van der Waals surface area contributed by atoms with Gasteiger partial charge in [0.05, 0.1) is 5.69 Å². The van der Waals surface area contributed by atoms with E-state index in [9.17, 15) is 4.79 Å². The van der Waals surface area contributed by atoms with Crippen LogP contribution in [-0.2, 0) is 4.74 Å². The van der Waals surface area contributed by atoms with E-state index in [1.54, 1.807) is 12.3 Å². The highest BCUT2D eigenvalue weighted by Gasteiger charge is 2.15. The number of carbonyl (C=O) groups excluding carboxylic acids is 1. The number of carbonyl (C=O) groups is 1. The third-order valence-corrected chi connectivity index (χ3v) is 2.26. The van der Waals surface area contributed by atoms with Crippen molar-refractivity contribution >= 4 is 23.7 Å². The predicted molar refractivity (Wildman–Crippen MR) is 80.9 cm³/mol. The molecule has 0 saturated carbocycles. The molecule has 0 fully saturated rings. The van der Waals surface area contributed by atoms with Gasteiger partial charge in [0, 0.05) is 12.7 Å². The van der Waals surface area contributed by atoms with Gasteiger partial charge in [-0.2, -0.15) is 0 Å². The smallest absolute Gasteiger partial charge is 0.407 e. The van der Waals surface area contributed by atoms with E-state index in [1.165, 1.54) is 0 Å². The van der Waals surface area contributed by atoms with Gasteiger partial charge in [-0.3, -0.25) is 0 Å². The molecule has 1 heterocycles. The first-order valence-electron chi connectivity index (χ1n) is 6.42. The number of rotatable bonds is 4. The number of nitrogen functional groups attached to an aromatic ring is 2. The number of pyridine rings is 1. The van der Waals surface area contributed by atoms with E-state index >= 15 is 0 Å². The number of nitrogens with one attached hydrogen (secondary N) is 1. The summed E-state index contributed by atoms with van der Waals surface area (Å²) in [5.74, 6) is 0.328. The third-order valence-electron chi connectivity index (χ3n) is 2.26. The zero-order valence-electron chi connectivity index (χ0n) is 12.1. The summed E-state index contributed by atoms with van der Waals surface area (Å²) >= 11 is 0. The van der Waals surface area contributed by atoms with Gasteiger partial charge in [0.2, 0.25) is 0 Å². The largest absolute Gasteiger partial charge is 0.444 e. The number of anilines is 2. The lowest BCUT2D eigenvalue weighted by Gasteiger charge is -2.19. The van der Waals surface area contributed by atoms with Crippen LogP contribution in [0, 0.1) is 0 Å². The highest BCUT2D eigenvalue weighted by atomic mass is 16.6. The van der Waals surface area contributed by atoms with Crippen LogP contribution in [0.2, 0.25) is 0 Å². The maximum absolute atomic E-state index is 11.4. The molecule has 0 saturated heterocycles. The first-order chi connectivity index (χ1) is 9.28. The van der Waals surface area contributed by atoms with Gasteiger partial charge in [0.15, 0.2) is 0 Å². The second-order valence-corrected chi connectivity index (χ2v) is 5.36. The minimum atomic E-state index is -0.479. The molecule has 0 radical (unpaired) electrons. The molecule has 0 aliphatic heterocycles. The lowest BCUT2D eigenvalue weighted by Crippen LogP contribution is -2.32. The second-order valence-electron chi connectivity index (χ2n) is 5.36. The molecule has 0 aromatic carbocycles. The Labute approximate surface area is 119 Å². The van der Waals surface area contributed by atoms with Gasteiger partial charge in [-0.1, -0.05) is 12.2 Å². The Kier molecular flexibility index (Phi) is 5.37. The van der Waals surface area contributed by atoms with E-state index in [1.807, 2.05) is 32.9 Å². The summed E-state index contributed by atoms with van der Waals surface area (Å²) in [5, 5.41) is 2.67. The van der Waals surface area contributed by atoms with Gasteiger partial charge in [0.25, 0.3) is 0 Å². The minimum Gasteiger partial charge on any atom is -0.444 e. The average Bonchev–Trinajstić information content (AvgIpc) is 2.31. The summed E-state index contributed by atoms with van der Waals surface area (Å²) in [6, 6.07) is 1.75. The summed E-state index contributed by atoms with van der Waals surface area (Å²) in [6.45, 7) is 5.98. The maximum Gasteiger partial charge on any atom is 0.407 e.